The molecule has 2 aromatic rings. The van der Waals surface area contributed by atoms with Gasteiger partial charge < -0.3 is 14.6 Å². The minimum atomic E-state index is -0.473. The smallest absolute Gasteiger partial charge is 0.254 e. The number of carbonyl (C=O) groups is 1. The normalized spacial score (nSPS) is 21.2. The molecule has 1 aliphatic carbocycles. The van der Waals surface area contributed by atoms with Gasteiger partial charge in [0.25, 0.3) is 5.91 Å². The molecule has 0 radical (unpaired) electrons. The predicted molar refractivity (Wildman–Crippen MR) is 93.3 cm³/mol. The standard InChI is InChI=1S/C19H23N3O3/c1-13-17(18(25-21-13)15-7-8-15)20-19(23)16-12-22(9-10-24-16)11-14-5-3-2-4-6-14/h2-6,15-16H,7-12H2,1H3,(H,20,23)/t16-/m0/s1. The van der Waals surface area contributed by atoms with E-state index in [-0.39, 0.29) is 5.91 Å². The summed E-state index contributed by atoms with van der Waals surface area (Å²) in [7, 11) is 0. The molecule has 1 amide bonds. The largest absolute Gasteiger partial charge is 0.366 e. The van der Waals surface area contributed by atoms with Crippen molar-refractivity contribution in [3.63, 3.8) is 0 Å². The van der Waals surface area contributed by atoms with Crippen LogP contribution in [0.15, 0.2) is 34.9 Å². The second-order valence-electron chi connectivity index (χ2n) is 6.85. The monoisotopic (exact) mass is 341 g/mol. The Bertz CT molecular complexity index is 740. The van der Waals surface area contributed by atoms with Crippen LogP contribution in [0.3, 0.4) is 0 Å². The fourth-order valence-electron chi connectivity index (χ4n) is 3.21. The molecule has 132 valence electrons. The maximum atomic E-state index is 12.7. The molecule has 1 atom stereocenters. The molecule has 4 rings (SSSR count). The lowest BCUT2D eigenvalue weighted by Gasteiger charge is -2.32. The minimum absolute atomic E-state index is 0.119. The van der Waals surface area contributed by atoms with Gasteiger partial charge in [0.15, 0.2) is 5.76 Å². The van der Waals surface area contributed by atoms with Crippen LogP contribution in [-0.2, 0) is 16.1 Å². The Labute approximate surface area is 147 Å². The van der Waals surface area contributed by atoms with E-state index < -0.39 is 6.10 Å². The summed E-state index contributed by atoms with van der Waals surface area (Å²) in [5.74, 6) is 1.09. The summed E-state index contributed by atoms with van der Waals surface area (Å²) in [5.41, 5.74) is 2.71. The molecule has 1 aromatic heterocycles. The summed E-state index contributed by atoms with van der Waals surface area (Å²) in [5, 5.41) is 6.99. The Hall–Kier alpha value is -2.18. The third-order valence-corrected chi connectivity index (χ3v) is 4.78. The van der Waals surface area contributed by atoms with Gasteiger partial charge in [-0.15, -0.1) is 0 Å². The fraction of sp³-hybridized carbons (Fsp3) is 0.474. The molecule has 0 bridgehead atoms. The van der Waals surface area contributed by atoms with Gasteiger partial charge in [-0.2, -0.15) is 0 Å². The molecule has 6 heteroatoms. The number of ether oxygens (including phenoxy) is 1. The van der Waals surface area contributed by atoms with E-state index in [1.54, 1.807) is 0 Å². The highest BCUT2D eigenvalue weighted by Gasteiger charge is 2.34. The summed E-state index contributed by atoms with van der Waals surface area (Å²) in [6.45, 7) is 4.66. The molecule has 6 nitrogen and oxygen atoms in total. The van der Waals surface area contributed by atoms with E-state index in [0.29, 0.717) is 19.1 Å². The average molecular weight is 341 g/mol. The lowest BCUT2D eigenvalue weighted by Crippen LogP contribution is -2.47. The van der Waals surface area contributed by atoms with Crippen LogP contribution in [0.1, 0.15) is 35.8 Å². The first-order valence-electron chi connectivity index (χ1n) is 8.85. The van der Waals surface area contributed by atoms with Gasteiger partial charge >= 0.3 is 0 Å². The Balaban J connectivity index is 1.39. The number of rotatable bonds is 5. The van der Waals surface area contributed by atoms with Gasteiger partial charge in [0.1, 0.15) is 17.5 Å². The first kappa shape index (κ1) is 16.3. The van der Waals surface area contributed by atoms with Gasteiger partial charge in [0, 0.05) is 25.6 Å². The minimum Gasteiger partial charge on any atom is -0.366 e. The first-order chi connectivity index (χ1) is 12.2. The first-order valence-corrected chi connectivity index (χ1v) is 8.85. The molecular weight excluding hydrogens is 318 g/mol. The van der Waals surface area contributed by atoms with Gasteiger partial charge in [0.2, 0.25) is 0 Å². The highest BCUT2D eigenvalue weighted by atomic mass is 16.5. The van der Waals surface area contributed by atoms with Crippen LogP contribution in [-0.4, -0.2) is 41.8 Å². The predicted octanol–water partition coefficient (Wildman–Crippen LogP) is 2.70. The number of hydrogen-bond acceptors (Lipinski definition) is 5. The van der Waals surface area contributed by atoms with Crippen molar-refractivity contribution in [1.29, 1.82) is 0 Å². The fourth-order valence-corrected chi connectivity index (χ4v) is 3.21. The van der Waals surface area contributed by atoms with Gasteiger partial charge in [-0.1, -0.05) is 35.5 Å². The van der Waals surface area contributed by atoms with E-state index >= 15 is 0 Å². The highest BCUT2D eigenvalue weighted by molar-refractivity contribution is 5.95. The zero-order valence-electron chi connectivity index (χ0n) is 14.4. The molecule has 1 saturated heterocycles. The zero-order valence-corrected chi connectivity index (χ0v) is 14.4. The van der Waals surface area contributed by atoms with E-state index in [1.165, 1.54) is 5.56 Å². The molecule has 1 aromatic carbocycles. The number of aromatic nitrogens is 1. The Morgan fingerprint density at radius 2 is 2.12 bits per heavy atom. The number of hydrogen-bond donors (Lipinski definition) is 1. The SMILES string of the molecule is Cc1noc(C2CC2)c1NC(=O)[C@@H]1CN(Cc2ccccc2)CCO1. The molecule has 0 spiro atoms. The second kappa shape index (κ2) is 6.98. The molecular formula is C19H23N3O3. The van der Waals surface area contributed by atoms with Crippen molar-refractivity contribution in [1.82, 2.24) is 10.1 Å². The summed E-state index contributed by atoms with van der Waals surface area (Å²) < 4.78 is 11.1. The Morgan fingerprint density at radius 3 is 2.88 bits per heavy atom. The van der Waals surface area contributed by atoms with Gasteiger partial charge in [-0.25, -0.2) is 0 Å². The van der Waals surface area contributed by atoms with Gasteiger partial charge in [0.05, 0.1) is 6.61 Å². The Morgan fingerprint density at radius 1 is 1.32 bits per heavy atom. The zero-order chi connectivity index (χ0) is 17.2. The second-order valence-corrected chi connectivity index (χ2v) is 6.85. The van der Waals surface area contributed by atoms with E-state index in [9.17, 15) is 4.79 Å². The lowest BCUT2D eigenvalue weighted by molar-refractivity contribution is -0.133. The van der Waals surface area contributed by atoms with Gasteiger partial charge in [-0.05, 0) is 25.3 Å². The third kappa shape index (κ3) is 3.75. The molecule has 1 aliphatic heterocycles. The van der Waals surface area contributed by atoms with Crippen molar-refractivity contribution in [2.45, 2.75) is 38.3 Å². The number of carbonyl (C=O) groups excluding carboxylic acids is 1. The number of nitrogens with zero attached hydrogens (tertiary/aromatic N) is 2. The van der Waals surface area contributed by atoms with E-state index in [1.807, 2.05) is 25.1 Å². The number of benzene rings is 1. The van der Waals surface area contributed by atoms with Crippen molar-refractivity contribution < 1.29 is 14.1 Å². The van der Waals surface area contributed by atoms with Crippen LogP contribution in [0, 0.1) is 6.92 Å². The van der Waals surface area contributed by atoms with Crippen molar-refractivity contribution in [2.24, 2.45) is 0 Å². The summed E-state index contributed by atoms with van der Waals surface area (Å²) in [4.78, 5) is 14.9. The quantitative estimate of drug-likeness (QED) is 0.906. The van der Waals surface area contributed by atoms with Crippen molar-refractivity contribution in [2.75, 3.05) is 25.0 Å². The van der Waals surface area contributed by atoms with Crippen LogP contribution in [0.4, 0.5) is 5.69 Å². The molecule has 2 fully saturated rings. The van der Waals surface area contributed by atoms with E-state index in [2.05, 4.69) is 27.5 Å². The van der Waals surface area contributed by atoms with E-state index in [4.69, 9.17) is 9.26 Å². The third-order valence-electron chi connectivity index (χ3n) is 4.78. The van der Waals surface area contributed by atoms with Crippen LogP contribution in [0.25, 0.3) is 0 Å². The molecule has 1 N–H and O–H groups in total. The van der Waals surface area contributed by atoms with E-state index in [0.717, 1.165) is 43.1 Å². The maximum Gasteiger partial charge on any atom is 0.254 e. The highest BCUT2D eigenvalue weighted by Crippen LogP contribution is 2.44. The average Bonchev–Trinajstić information content (AvgIpc) is 3.41. The van der Waals surface area contributed by atoms with Gasteiger partial charge in [-0.3, -0.25) is 9.69 Å². The Kier molecular flexibility index (Phi) is 4.55. The van der Waals surface area contributed by atoms with Crippen LogP contribution in [0.2, 0.25) is 0 Å². The van der Waals surface area contributed by atoms with Crippen LogP contribution >= 0.6 is 0 Å². The molecule has 0 unspecified atom stereocenters. The van der Waals surface area contributed by atoms with Crippen molar-refractivity contribution >= 4 is 11.6 Å². The number of amides is 1. The summed E-state index contributed by atoms with van der Waals surface area (Å²) in [6.07, 6.45) is 1.73. The van der Waals surface area contributed by atoms with Crippen LogP contribution < -0.4 is 5.32 Å². The molecule has 2 heterocycles. The lowest BCUT2D eigenvalue weighted by atomic mass is 10.1. The number of nitrogens with one attached hydrogen (secondary N) is 1. The summed E-state index contributed by atoms with van der Waals surface area (Å²) in [6, 6.07) is 10.3. The number of morpholine rings is 1. The molecule has 2 aliphatic rings. The topological polar surface area (TPSA) is 67.6 Å². The number of aryl methyl sites for hydroxylation is 1. The summed E-state index contributed by atoms with van der Waals surface area (Å²) >= 11 is 0. The maximum absolute atomic E-state index is 12.7. The molecule has 25 heavy (non-hydrogen) atoms. The van der Waals surface area contributed by atoms with Crippen LogP contribution in [0.5, 0.6) is 0 Å². The molecule has 1 saturated carbocycles. The number of anilines is 1. The van der Waals surface area contributed by atoms with Crippen molar-refractivity contribution in [3.8, 4) is 0 Å². The van der Waals surface area contributed by atoms with Crippen molar-refractivity contribution in [3.05, 3.63) is 47.3 Å².